The Morgan fingerprint density at radius 3 is 3.00 bits per heavy atom. The molecule has 1 heterocycles. The summed E-state index contributed by atoms with van der Waals surface area (Å²) in [5.74, 6) is 2.57. The Hall–Kier alpha value is -1.16. The fourth-order valence-corrected chi connectivity index (χ4v) is 3.47. The first-order chi connectivity index (χ1) is 8.83. The van der Waals surface area contributed by atoms with Crippen molar-refractivity contribution in [3.8, 4) is 0 Å². The highest BCUT2D eigenvalue weighted by Gasteiger charge is 2.38. The topological polar surface area (TPSA) is 42.7 Å². The van der Waals surface area contributed by atoms with Crippen molar-refractivity contribution in [3.05, 3.63) is 24.5 Å². The van der Waals surface area contributed by atoms with Crippen molar-refractivity contribution < 1.29 is 0 Å². The molecule has 1 fully saturated rings. The van der Waals surface area contributed by atoms with Crippen molar-refractivity contribution >= 4 is 0 Å². The van der Waals surface area contributed by atoms with Gasteiger partial charge in [0.1, 0.15) is 0 Å². The molecule has 0 amide bonds. The number of rotatable bonds is 6. The minimum Gasteiger partial charge on any atom is -0.314 e. The first kappa shape index (κ1) is 11.9. The molecule has 0 radical (unpaired) electrons. The summed E-state index contributed by atoms with van der Waals surface area (Å²) in [6.07, 6.45) is 12.4. The summed E-state index contributed by atoms with van der Waals surface area (Å²) >= 11 is 0. The van der Waals surface area contributed by atoms with Crippen molar-refractivity contribution in [1.82, 2.24) is 20.3 Å². The van der Waals surface area contributed by atoms with E-state index in [2.05, 4.69) is 34.7 Å². The average molecular weight is 246 g/mol. The molecule has 4 nitrogen and oxygen atoms in total. The normalized spacial score (nSPS) is 31.1. The summed E-state index contributed by atoms with van der Waals surface area (Å²) in [6.45, 7) is 4.36. The standard InChI is InChI=1S/C14H22N4/c1-11(14-10-12-3-4-13(14)9-12)15-5-2-7-18-8-6-16-17-18/h3-4,6,8,11-15H,2,5,7,9-10H2,1H3. The number of aromatic nitrogens is 3. The van der Waals surface area contributed by atoms with E-state index < -0.39 is 0 Å². The predicted octanol–water partition coefficient (Wildman–Crippen LogP) is 1.86. The molecule has 0 saturated heterocycles. The molecule has 4 atom stereocenters. The maximum Gasteiger partial charge on any atom is 0.0692 e. The molecule has 4 heteroatoms. The second-order valence-electron chi connectivity index (χ2n) is 5.71. The molecule has 18 heavy (non-hydrogen) atoms. The van der Waals surface area contributed by atoms with E-state index in [1.807, 2.05) is 10.9 Å². The van der Waals surface area contributed by atoms with E-state index in [-0.39, 0.29) is 0 Å². The van der Waals surface area contributed by atoms with Crippen LogP contribution in [-0.4, -0.2) is 27.6 Å². The zero-order valence-electron chi connectivity index (χ0n) is 11.0. The van der Waals surface area contributed by atoms with Crippen molar-refractivity contribution in [1.29, 1.82) is 0 Å². The molecule has 3 rings (SSSR count). The summed E-state index contributed by atoms with van der Waals surface area (Å²) in [7, 11) is 0. The van der Waals surface area contributed by atoms with Gasteiger partial charge in [0.25, 0.3) is 0 Å². The van der Waals surface area contributed by atoms with Gasteiger partial charge in [-0.2, -0.15) is 0 Å². The second-order valence-corrected chi connectivity index (χ2v) is 5.71. The highest BCUT2D eigenvalue weighted by Crippen LogP contribution is 2.44. The Morgan fingerprint density at radius 1 is 1.39 bits per heavy atom. The van der Waals surface area contributed by atoms with Gasteiger partial charge in [0, 0.05) is 18.8 Å². The third-order valence-electron chi connectivity index (χ3n) is 4.47. The van der Waals surface area contributed by atoms with Gasteiger partial charge in [-0.1, -0.05) is 17.4 Å². The Morgan fingerprint density at radius 2 is 2.33 bits per heavy atom. The number of nitrogens with zero attached hydrogens (tertiary/aromatic N) is 3. The summed E-state index contributed by atoms with van der Waals surface area (Å²) in [5, 5.41) is 11.5. The van der Waals surface area contributed by atoms with E-state index in [9.17, 15) is 0 Å². The molecule has 1 aromatic rings. The van der Waals surface area contributed by atoms with Gasteiger partial charge in [-0.3, -0.25) is 4.68 Å². The van der Waals surface area contributed by atoms with Crippen LogP contribution in [-0.2, 0) is 6.54 Å². The molecular formula is C14H22N4. The van der Waals surface area contributed by atoms with E-state index in [1.54, 1.807) is 6.20 Å². The maximum absolute atomic E-state index is 3.97. The fourth-order valence-electron chi connectivity index (χ4n) is 3.47. The van der Waals surface area contributed by atoms with E-state index in [1.165, 1.54) is 12.8 Å². The van der Waals surface area contributed by atoms with Crippen molar-refractivity contribution in [2.45, 2.75) is 38.8 Å². The van der Waals surface area contributed by atoms with Crippen LogP contribution in [0.5, 0.6) is 0 Å². The summed E-state index contributed by atoms with van der Waals surface area (Å²) in [5.41, 5.74) is 0. The van der Waals surface area contributed by atoms with Gasteiger partial charge in [-0.25, -0.2) is 0 Å². The number of allylic oxidation sites excluding steroid dienone is 2. The van der Waals surface area contributed by atoms with Crippen LogP contribution in [0.25, 0.3) is 0 Å². The van der Waals surface area contributed by atoms with Gasteiger partial charge in [0.2, 0.25) is 0 Å². The number of fused-ring (bicyclic) bond motifs is 2. The van der Waals surface area contributed by atoms with Gasteiger partial charge in [-0.15, -0.1) is 5.10 Å². The summed E-state index contributed by atoms with van der Waals surface area (Å²) in [6, 6.07) is 0.640. The van der Waals surface area contributed by atoms with Crippen LogP contribution in [0.1, 0.15) is 26.2 Å². The van der Waals surface area contributed by atoms with Gasteiger partial charge >= 0.3 is 0 Å². The molecule has 1 N–H and O–H groups in total. The lowest BCUT2D eigenvalue weighted by atomic mass is 9.87. The van der Waals surface area contributed by atoms with Crippen LogP contribution in [0, 0.1) is 17.8 Å². The number of hydrogen-bond acceptors (Lipinski definition) is 3. The maximum atomic E-state index is 3.97. The molecule has 4 unspecified atom stereocenters. The van der Waals surface area contributed by atoms with Crippen molar-refractivity contribution in [2.24, 2.45) is 17.8 Å². The Labute approximate surface area is 108 Å². The number of aryl methyl sites for hydroxylation is 1. The zero-order valence-corrected chi connectivity index (χ0v) is 11.0. The molecule has 2 aliphatic carbocycles. The summed E-state index contributed by atoms with van der Waals surface area (Å²) in [4.78, 5) is 0. The average Bonchev–Trinajstić information content (AvgIpc) is 3.10. The van der Waals surface area contributed by atoms with Crippen molar-refractivity contribution in [2.75, 3.05) is 6.54 Å². The van der Waals surface area contributed by atoms with Crippen LogP contribution in [0.2, 0.25) is 0 Å². The van der Waals surface area contributed by atoms with Gasteiger partial charge < -0.3 is 5.32 Å². The number of nitrogens with one attached hydrogen (secondary N) is 1. The largest absolute Gasteiger partial charge is 0.314 e. The van der Waals surface area contributed by atoms with E-state index in [4.69, 9.17) is 0 Å². The molecule has 1 aromatic heterocycles. The van der Waals surface area contributed by atoms with Crippen molar-refractivity contribution in [3.63, 3.8) is 0 Å². The van der Waals surface area contributed by atoms with Gasteiger partial charge in [-0.05, 0) is 50.5 Å². The highest BCUT2D eigenvalue weighted by atomic mass is 15.4. The smallest absolute Gasteiger partial charge is 0.0692 e. The fraction of sp³-hybridized carbons (Fsp3) is 0.714. The molecule has 2 aliphatic rings. The predicted molar refractivity (Wildman–Crippen MR) is 70.9 cm³/mol. The van der Waals surface area contributed by atoms with Gasteiger partial charge in [0.15, 0.2) is 0 Å². The van der Waals surface area contributed by atoms with E-state index in [0.717, 1.165) is 37.3 Å². The third-order valence-corrected chi connectivity index (χ3v) is 4.47. The van der Waals surface area contributed by atoms with Gasteiger partial charge in [0.05, 0.1) is 6.20 Å². The molecular weight excluding hydrogens is 224 g/mol. The first-order valence-corrected chi connectivity index (χ1v) is 7.09. The van der Waals surface area contributed by atoms with Crippen LogP contribution in [0.15, 0.2) is 24.5 Å². The SMILES string of the molecule is CC(NCCCn1ccnn1)C1CC2C=CC1C2. The quantitative estimate of drug-likeness (QED) is 0.615. The lowest BCUT2D eigenvalue weighted by molar-refractivity contribution is 0.324. The van der Waals surface area contributed by atoms with Crippen LogP contribution in [0.4, 0.5) is 0 Å². The van der Waals surface area contributed by atoms with E-state index in [0.29, 0.717) is 6.04 Å². The Kier molecular flexibility index (Phi) is 3.46. The Balaban J connectivity index is 1.37. The number of hydrogen-bond donors (Lipinski definition) is 1. The summed E-state index contributed by atoms with van der Waals surface area (Å²) < 4.78 is 1.90. The highest BCUT2D eigenvalue weighted by molar-refractivity contribution is 5.11. The minimum absolute atomic E-state index is 0.640. The third kappa shape index (κ3) is 2.48. The minimum atomic E-state index is 0.640. The monoisotopic (exact) mass is 246 g/mol. The molecule has 0 aliphatic heterocycles. The van der Waals surface area contributed by atoms with Crippen LogP contribution >= 0.6 is 0 Å². The van der Waals surface area contributed by atoms with E-state index >= 15 is 0 Å². The molecule has 2 bridgehead atoms. The first-order valence-electron chi connectivity index (χ1n) is 7.09. The molecule has 1 saturated carbocycles. The second kappa shape index (κ2) is 5.22. The molecule has 98 valence electrons. The zero-order chi connectivity index (χ0) is 12.4. The lowest BCUT2D eigenvalue weighted by Crippen LogP contribution is -2.36. The molecule has 0 aromatic carbocycles. The van der Waals surface area contributed by atoms with Crippen LogP contribution in [0.3, 0.4) is 0 Å². The lowest BCUT2D eigenvalue weighted by Gasteiger charge is -2.26. The van der Waals surface area contributed by atoms with Crippen LogP contribution < -0.4 is 5.32 Å². The Bertz CT molecular complexity index is 398. The molecule has 0 spiro atoms.